The highest BCUT2D eigenvalue weighted by molar-refractivity contribution is 7.10. The summed E-state index contributed by atoms with van der Waals surface area (Å²) in [5.41, 5.74) is 1.54. The van der Waals surface area contributed by atoms with Crippen molar-refractivity contribution in [2.75, 3.05) is 7.05 Å². The molecule has 3 aromatic rings. The highest BCUT2D eigenvalue weighted by Gasteiger charge is 2.19. The zero-order valence-electron chi connectivity index (χ0n) is 14.1. The molecule has 3 rings (SSSR count). The molecule has 8 heteroatoms. The minimum absolute atomic E-state index is 0.104. The summed E-state index contributed by atoms with van der Waals surface area (Å²) < 4.78 is 5.64. The molecule has 0 bridgehead atoms. The Morgan fingerprint density at radius 1 is 1.31 bits per heavy atom. The lowest BCUT2D eigenvalue weighted by molar-refractivity contribution is -0.384. The van der Waals surface area contributed by atoms with E-state index in [-0.39, 0.29) is 22.4 Å². The SMILES string of the molecule is Cc1ccsc1CN(C)C(=O)c1ccc(-c2ccc([N+](=O)[O-])cc2Cl)o1. The minimum Gasteiger partial charge on any atom is -0.451 e. The normalized spacial score (nSPS) is 10.7. The zero-order chi connectivity index (χ0) is 18.8. The number of non-ortho nitro benzene ring substituents is 1. The number of nitro benzene ring substituents is 1. The van der Waals surface area contributed by atoms with Crippen molar-refractivity contribution in [3.8, 4) is 11.3 Å². The summed E-state index contributed by atoms with van der Waals surface area (Å²) in [6.45, 7) is 2.50. The summed E-state index contributed by atoms with van der Waals surface area (Å²) in [6, 6.07) is 9.33. The molecule has 6 nitrogen and oxygen atoms in total. The van der Waals surface area contributed by atoms with E-state index in [0.29, 0.717) is 17.9 Å². The van der Waals surface area contributed by atoms with E-state index in [2.05, 4.69) is 0 Å². The van der Waals surface area contributed by atoms with Crippen LogP contribution in [0.5, 0.6) is 0 Å². The molecule has 134 valence electrons. The van der Waals surface area contributed by atoms with Gasteiger partial charge in [-0.3, -0.25) is 14.9 Å². The van der Waals surface area contributed by atoms with Gasteiger partial charge in [0, 0.05) is 29.6 Å². The molecule has 0 spiro atoms. The van der Waals surface area contributed by atoms with Gasteiger partial charge in [-0.2, -0.15) is 0 Å². The first kappa shape index (κ1) is 18.2. The minimum atomic E-state index is -0.520. The highest BCUT2D eigenvalue weighted by atomic mass is 35.5. The second-order valence-corrected chi connectivity index (χ2v) is 7.18. The Bertz CT molecular complexity index is 979. The number of aryl methyl sites for hydroxylation is 1. The van der Waals surface area contributed by atoms with Gasteiger partial charge in [0.2, 0.25) is 0 Å². The van der Waals surface area contributed by atoms with E-state index < -0.39 is 4.92 Å². The Balaban J connectivity index is 1.80. The molecule has 0 saturated carbocycles. The van der Waals surface area contributed by atoms with Crippen LogP contribution in [-0.4, -0.2) is 22.8 Å². The number of carbonyl (C=O) groups excluding carboxylic acids is 1. The molecule has 0 aliphatic rings. The molecule has 0 fully saturated rings. The van der Waals surface area contributed by atoms with Gasteiger partial charge in [-0.25, -0.2) is 0 Å². The topological polar surface area (TPSA) is 76.6 Å². The second kappa shape index (κ2) is 7.31. The van der Waals surface area contributed by atoms with Gasteiger partial charge in [-0.05, 0) is 42.1 Å². The summed E-state index contributed by atoms with van der Waals surface area (Å²) in [7, 11) is 1.71. The van der Waals surface area contributed by atoms with Crippen LogP contribution in [0.15, 0.2) is 46.2 Å². The second-order valence-electron chi connectivity index (χ2n) is 5.77. The lowest BCUT2D eigenvalue weighted by Gasteiger charge is -2.15. The third kappa shape index (κ3) is 3.63. The Morgan fingerprint density at radius 3 is 2.69 bits per heavy atom. The van der Waals surface area contributed by atoms with Gasteiger partial charge in [0.05, 0.1) is 16.5 Å². The molecule has 2 heterocycles. The largest absolute Gasteiger partial charge is 0.451 e. The molecule has 0 radical (unpaired) electrons. The van der Waals surface area contributed by atoms with Crippen LogP contribution in [0.25, 0.3) is 11.3 Å². The molecule has 0 aliphatic heterocycles. The molecular formula is C18H15ClN2O4S. The maximum Gasteiger partial charge on any atom is 0.289 e. The van der Waals surface area contributed by atoms with Crippen molar-refractivity contribution in [2.24, 2.45) is 0 Å². The van der Waals surface area contributed by atoms with E-state index in [0.717, 1.165) is 10.4 Å². The third-order valence-electron chi connectivity index (χ3n) is 3.94. The first-order valence-electron chi connectivity index (χ1n) is 7.69. The summed E-state index contributed by atoms with van der Waals surface area (Å²) in [5.74, 6) is 0.321. The fourth-order valence-corrected chi connectivity index (χ4v) is 3.68. The van der Waals surface area contributed by atoms with Crippen molar-refractivity contribution >= 4 is 34.5 Å². The van der Waals surface area contributed by atoms with Crippen molar-refractivity contribution in [2.45, 2.75) is 13.5 Å². The molecule has 0 saturated heterocycles. The van der Waals surface area contributed by atoms with Crippen LogP contribution in [-0.2, 0) is 6.54 Å². The maximum atomic E-state index is 12.6. The molecule has 0 N–H and O–H groups in total. The van der Waals surface area contributed by atoms with Crippen molar-refractivity contribution in [3.05, 3.63) is 73.1 Å². The number of hydrogen-bond acceptors (Lipinski definition) is 5. The third-order valence-corrected chi connectivity index (χ3v) is 5.26. The van der Waals surface area contributed by atoms with Gasteiger partial charge in [0.15, 0.2) is 5.76 Å². The van der Waals surface area contributed by atoms with Crippen molar-refractivity contribution in [1.29, 1.82) is 0 Å². The van der Waals surface area contributed by atoms with Gasteiger partial charge in [0.25, 0.3) is 11.6 Å². The standard InChI is InChI=1S/C18H15ClN2O4S/c1-11-7-8-26-17(11)10-20(2)18(22)16-6-5-15(25-16)13-4-3-12(21(23)24)9-14(13)19/h3-9H,10H2,1-2H3. The average molecular weight is 391 g/mol. The summed E-state index contributed by atoms with van der Waals surface area (Å²) in [5, 5.41) is 13.0. The van der Waals surface area contributed by atoms with Gasteiger partial charge in [0.1, 0.15) is 5.76 Å². The number of thiophene rings is 1. The monoisotopic (exact) mass is 390 g/mol. The van der Waals surface area contributed by atoms with E-state index in [1.807, 2.05) is 18.4 Å². The van der Waals surface area contributed by atoms with E-state index in [4.69, 9.17) is 16.0 Å². The van der Waals surface area contributed by atoms with Gasteiger partial charge < -0.3 is 9.32 Å². The fourth-order valence-electron chi connectivity index (χ4n) is 2.46. The molecule has 0 aliphatic carbocycles. The van der Waals surface area contributed by atoms with Crippen LogP contribution < -0.4 is 0 Å². The summed E-state index contributed by atoms with van der Waals surface area (Å²) in [4.78, 5) is 25.5. The van der Waals surface area contributed by atoms with Crippen LogP contribution in [0.2, 0.25) is 5.02 Å². The summed E-state index contributed by atoms with van der Waals surface area (Å²) in [6.07, 6.45) is 0. The Morgan fingerprint density at radius 2 is 2.08 bits per heavy atom. The Labute approximate surface area is 158 Å². The predicted molar refractivity (Wildman–Crippen MR) is 101 cm³/mol. The van der Waals surface area contributed by atoms with Crippen LogP contribution in [0.1, 0.15) is 21.0 Å². The number of hydrogen-bond donors (Lipinski definition) is 0. The first-order chi connectivity index (χ1) is 12.4. The molecular weight excluding hydrogens is 376 g/mol. The molecule has 1 aromatic carbocycles. The number of nitro groups is 1. The van der Waals surface area contributed by atoms with Gasteiger partial charge in [-0.15, -0.1) is 11.3 Å². The number of furan rings is 1. The van der Waals surface area contributed by atoms with Crippen LogP contribution in [0, 0.1) is 17.0 Å². The molecule has 26 heavy (non-hydrogen) atoms. The highest BCUT2D eigenvalue weighted by Crippen LogP contribution is 2.32. The van der Waals surface area contributed by atoms with E-state index in [1.165, 1.54) is 18.2 Å². The van der Waals surface area contributed by atoms with Crippen molar-refractivity contribution in [3.63, 3.8) is 0 Å². The smallest absolute Gasteiger partial charge is 0.289 e. The Kier molecular flexibility index (Phi) is 5.11. The maximum absolute atomic E-state index is 12.6. The number of amides is 1. The van der Waals surface area contributed by atoms with Crippen LogP contribution in [0.3, 0.4) is 0 Å². The summed E-state index contributed by atoms with van der Waals surface area (Å²) >= 11 is 7.71. The van der Waals surface area contributed by atoms with E-state index >= 15 is 0 Å². The van der Waals surface area contributed by atoms with E-state index in [1.54, 1.807) is 35.4 Å². The Hall–Kier alpha value is -2.64. The fraction of sp³-hybridized carbons (Fsp3) is 0.167. The lowest BCUT2D eigenvalue weighted by atomic mass is 10.1. The zero-order valence-corrected chi connectivity index (χ0v) is 15.6. The number of carbonyl (C=O) groups is 1. The average Bonchev–Trinajstić information content (AvgIpc) is 3.23. The quantitative estimate of drug-likeness (QED) is 0.446. The first-order valence-corrected chi connectivity index (χ1v) is 8.95. The van der Waals surface area contributed by atoms with Crippen molar-refractivity contribution in [1.82, 2.24) is 4.90 Å². The van der Waals surface area contributed by atoms with Crippen molar-refractivity contribution < 1.29 is 14.1 Å². The number of benzene rings is 1. The molecule has 2 aromatic heterocycles. The number of nitrogens with zero attached hydrogens (tertiary/aromatic N) is 2. The number of rotatable bonds is 5. The molecule has 1 amide bonds. The number of halogens is 1. The predicted octanol–water partition coefficient (Wildman–Crippen LogP) is 5.15. The van der Waals surface area contributed by atoms with Crippen LogP contribution >= 0.6 is 22.9 Å². The lowest BCUT2D eigenvalue weighted by Crippen LogP contribution is -2.25. The van der Waals surface area contributed by atoms with Gasteiger partial charge >= 0.3 is 0 Å². The van der Waals surface area contributed by atoms with E-state index in [9.17, 15) is 14.9 Å². The van der Waals surface area contributed by atoms with Crippen LogP contribution in [0.4, 0.5) is 5.69 Å². The van der Waals surface area contributed by atoms with Gasteiger partial charge in [-0.1, -0.05) is 11.6 Å². The molecule has 0 atom stereocenters. The molecule has 0 unspecified atom stereocenters.